The quantitative estimate of drug-likeness (QED) is 0.925. The third kappa shape index (κ3) is 2.65. The van der Waals surface area contributed by atoms with Crippen molar-refractivity contribution in [3.8, 4) is 0 Å². The lowest BCUT2D eigenvalue weighted by Gasteiger charge is -2.34. The molecule has 116 valence electrons. The fourth-order valence-corrected chi connectivity index (χ4v) is 3.34. The summed E-state index contributed by atoms with van der Waals surface area (Å²) in [4.78, 5) is 24.4. The van der Waals surface area contributed by atoms with E-state index < -0.39 is 5.63 Å². The maximum Gasteiger partial charge on any atom is 0.343 e. The molecule has 1 saturated carbocycles. The van der Waals surface area contributed by atoms with E-state index in [1.54, 1.807) is 18.2 Å². The topological polar surface area (TPSA) is 59.3 Å². The van der Waals surface area contributed by atoms with E-state index in [4.69, 9.17) is 4.42 Å². The number of carbonyl (C=O) groups excluding carboxylic acids is 1. The van der Waals surface area contributed by atoms with E-state index in [1.807, 2.05) is 6.07 Å². The van der Waals surface area contributed by atoms with E-state index in [9.17, 15) is 9.59 Å². The summed E-state index contributed by atoms with van der Waals surface area (Å²) < 4.78 is 5.01. The van der Waals surface area contributed by atoms with Crippen LogP contribution in [0.15, 0.2) is 39.7 Å². The number of hydrogen-bond donors (Lipinski definition) is 1. The molecule has 0 saturated heterocycles. The third-order valence-corrected chi connectivity index (χ3v) is 4.99. The van der Waals surface area contributed by atoms with Crippen LogP contribution >= 0.6 is 0 Å². The van der Waals surface area contributed by atoms with Crippen molar-refractivity contribution in [2.24, 2.45) is 11.8 Å². The Balaban J connectivity index is 1.90. The SMILES string of the molecule is CC1CCCC(NC(=O)c2coc(=O)c3ccccc23)C1C. The Labute approximate surface area is 129 Å². The van der Waals surface area contributed by atoms with E-state index in [1.165, 1.54) is 12.7 Å². The second-order valence-corrected chi connectivity index (χ2v) is 6.33. The van der Waals surface area contributed by atoms with Crippen LogP contribution in [0.3, 0.4) is 0 Å². The molecule has 4 nitrogen and oxygen atoms in total. The molecule has 1 aliphatic rings. The van der Waals surface area contributed by atoms with Crippen molar-refractivity contribution in [2.75, 3.05) is 0 Å². The highest BCUT2D eigenvalue weighted by Gasteiger charge is 2.28. The average Bonchev–Trinajstić information content (AvgIpc) is 2.52. The van der Waals surface area contributed by atoms with Gasteiger partial charge in [-0.05, 0) is 24.3 Å². The van der Waals surface area contributed by atoms with E-state index in [0.29, 0.717) is 28.2 Å². The number of fused-ring (bicyclic) bond motifs is 1. The van der Waals surface area contributed by atoms with Gasteiger partial charge in [-0.2, -0.15) is 0 Å². The van der Waals surface area contributed by atoms with Gasteiger partial charge in [-0.3, -0.25) is 4.79 Å². The largest absolute Gasteiger partial charge is 0.430 e. The first-order valence-corrected chi connectivity index (χ1v) is 7.89. The van der Waals surface area contributed by atoms with Crippen LogP contribution in [0.1, 0.15) is 43.5 Å². The van der Waals surface area contributed by atoms with Gasteiger partial charge in [0.25, 0.3) is 5.91 Å². The number of rotatable bonds is 2. The monoisotopic (exact) mass is 299 g/mol. The zero-order valence-electron chi connectivity index (χ0n) is 13.0. The smallest absolute Gasteiger partial charge is 0.343 e. The molecule has 1 aromatic carbocycles. The predicted octanol–water partition coefficient (Wildman–Crippen LogP) is 3.35. The number of carbonyl (C=O) groups is 1. The normalized spacial score (nSPS) is 25.1. The Kier molecular flexibility index (Phi) is 4.01. The fraction of sp³-hybridized carbons (Fsp3) is 0.444. The molecule has 3 atom stereocenters. The van der Waals surface area contributed by atoms with E-state index >= 15 is 0 Å². The number of hydrogen-bond acceptors (Lipinski definition) is 3. The van der Waals surface area contributed by atoms with Gasteiger partial charge in [0.15, 0.2) is 0 Å². The van der Waals surface area contributed by atoms with Crippen LogP contribution in [-0.4, -0.2) is 11.9 Å². The molecule has 3 unspecified atom stereocenters. The molecule has 2 aromatic rings. The van der Waals surface area contributed by atoms with Crippen LogP contribution in [0.25, 0.3) is 10.8 Å². The summed E-state index contributed by atoms with van der Waals surface area (Å²) in [5.74, 6) is 0.912. The average molecular weight is 299 g/mol. The Morgan fingerprint density at radius 1 is 1.18 bits per heavy atom. The standard InChI is InChI=1S/C18H21NO3/c1-11-6-5-9-16(12(11)2)19-17(20)15-10-22-18(21)14-8-4-3-7-13(14)15/h3-4,7-8,10-12,16H,5-6,9H2,1-2H3,(H,19,20). The molecule has 1 N–H and O–H groups in total. The van der Waals surface area contributed by atoms with Crippen LogP contribution in [0.4, 0.5) is 0 Å². The minimum Gasteiger partial charge on any atom is -0.430 e. The van der Waals surface area contributed by atoms with Crippen molar-refractivity contribution >= 4 is 16.7 Å². The number of amides is 1. The van der Waals surface area contributed by atoms with Gasteiger partial charge in [0, 0.05) is 11.4 Å². The second kappa shape index (κ2) is 5.95. The summed E-state index contributed by atoms with van der Waals surface area (Å²) in [7, 11) is 0. The van der Waals surface area contributed by atoms with Crippen molar-refractivity contribution in [3.63, 3.8) is 0 Å². The zero-order chi connectivity index (χ0) is 15.7. The molecular weight excluding hydrogens is 278 g/mol. The van der Waals surface area contributed by atoms with Crippen molar-refractivity contribution in [2.45, 2.75) is 39.2 Å². The molecule has 1 aromatic heterocycles. The summed E-state index contributed by atoms with van der Waals surface area (Å²) in [5, 5.41) is 4.22. The maximum atomic E-state index is 12.6. The first kappa shape index (κ1) is 14.8. The molecule has 0 spiro atoms. The molecule has 3 rings (SSSR count). The Hall–Kier alpha value is -2.10. The molecule has 1 fully saturated rings. The minimum absolute atomic E-state index is 0.161. The number of nitrogens with one attached hydrogen (secondary N) is 1. The molecular formula is C18H21NO3. The molecule has 22 heavy (non-hydrogen) atoms. The first-order chi connectivity index (χ1) is 10.6. The summed E-state index contributed by atoms with van der Waals surface area (Å²) in [6.45, 7) is 4.43. The van der Waals surface area contributed by atoms with Crippen LogP contribution in [0.2, 0.25) is 0 Å². The van der Waals surface area contributed by atoms with Gasteiger partial charge in [0.05, 0.1) is 10.9 Å². The fourth-order valence-electron chi connectivity index (χ4n) is 3.34. The van der Waals surface area contributed by atoms with Gasteiger partial charge in [-0.25, -0.2) is 4.79 Å². The Bertz CT molecular complexity index is 749. The van der Waals surface area contributed by atoms with Crippen LogP contribution in [0.5, 0.6) is 0 Å². The van der Waals surface area contributed by atoms with Gasteiger partial charge in [-0.15, -0.1) is 0 Å². The molecule has 0 radical (unpaired) electrons. The lowest BCUT2D eigenvalue weighted by Crippen LogP contribution is -2.43. The summed E-state index contributed by atoms with van der Waals surface area (Å²) >= 11 is 0. The Morgan fingerprint density at radius 2 is 1.91 bits per heavy atom. The van der Waals surface area contributed by atoms with Gasteiger partial charge < -0.3 is 9.73 Å². The van der Waals surface area contributed by atoms with Gasteiger partial charge in [0.2, 0.25) is 0 Å². The van der Waals surface area contributed by atoms with Gasteiger partial charge in [-0.1, -0.05) is 44.9 Å². The van der Waals surface area contributed by atoms with Crippen molar-refractivity contribution < 1.29 is 9.21 Å². The van der Waals surface area contributed by atoms with Gasteiger partial charge >= 0.3 is 5.63 Å². The molecule has 1 aliphatic carbocycles. The highest BCUT2D eigenvalue weighted by molar-refractivity contribution is 6.06. The summed E-state index contributed by atoms with van der Waals surface area (Å²) in [6.07, 6.45) is 4.64. The Morgan fingerprint density at radius 3 is 2.68 bits per heavy atom. The first-order valence-electron chi connectivity index (χ1n) is 7.89. The van der Waals surface area contributed by atoms with Crippen LogP contribution < -0.4 is 10.9 Å². The predicted molar refractivity (Wildman–Crippen MR) is 85.9 cm³/mol. The lowest BCUT2D eigenvalue weighted by atomic mass is 9.78. The molecule has 0 aliphatic heterocycles. The van der Waals surface area contributed by atoms with Gasteiger partial charge in [0.1, 0.15) is 6.26 Å². The summed E-state index contributed by atoms with van der Waals surface area (Å²) in [6, 6.07) is 7.24. The lowest BCUT2D eigenvalue weighted by molar-refractivity contribution is 0.0890. The maximum absolute atomic E-state index is 12.6. The molecule has 1 amide bonds. The van der Waals surface area contributed by atoms with E-state index in [-0.39, 0.29) is 11.9 Å². The van der Waals surface area contributed by atoms with E-state index in [2.05, 4.69) is 19.2 Å². The molecule has 1 heterocycles. The highest BCUT2D eigenvalue weighted by Crippen LogP contribution is 2.29. The van der Waals surface area contributed by atoms with Crippen molar-refractivity contribution in [1.82, 2.24) is 5.32 Å². The van der Waals surface area contributed by atoms with Crippen LogP contribution in [-0.2, 0) is 0 Å². The summed E-state index contributed by atoms with van der Waals surface area (Å²) in [5.41, 5.74) is 0.0208. The van der Waals surface area contributed by atoms with Crippen molar-refractivity contribution in [3.05, 3.63) is 46.5 Å². The van der Waals surface area contributed by atoms with Crippen LogP contribution in [0, 0.1) is 11.8 Å². The second-order valence-electron chi connectivity index (χ2n) is 6.33. The highest BCUT2D eigenvalue weighted by atomic mass is 16.4. The zero-order valence-corrected chi connectivity index (χ0v) is 13.0. The van der Waals surface area contributed by atoms with Crippen molar-refractivity contribution in [1.29, 1.82) is 0 Å². The van der Waals surface area contributed by atoms with E-state index in [0.717, 1.165) is 12.8 Å². The third-order valence-electron chi connectivity index (χ3n) is 4.99. The number of benzene rings is 1. The molecule has 0 bridgehead atoms. The minimum atomic E-state index is -0.410. The molecule has 4 heteroatoms.